The number of esters is 1. The Labute approximate surface area is 88.3 Å². The third-order valence-corrected chi connectivity index (χ3v) is 2.91. The number of carbonyl (C=O) groups is 1. The molecule has 0 N–H and O–H groups in total. The number of carbonyl (C=O) groups excluding carboxylic acids is 1. The van der Waals surface area contributed by atoms with E-state index in [2.05, 4.69) is 10.8 Å². The fourth-order valence-electron chi connectivity index (χ4n) is 1.93. The topological polar surface area (TPSA) is 50.1 Å². The summed E-state index contributed by atoms with van der Waals surface area (Å²) in [4.78, 5) is 11.5. The minimum Gasteiger partial charge on any atom is -0.468 e. The Morgan fingerprint density at radius 2 is 2.20 bits per heavy atom. The Hall–Kier alpha value is -1.82. The molecule has 0 amide bonds. The molecular formula is C12H11NO2. The molecule has 0 heterocycles. The van der Waals surface area contributed by atoms with Crippen molar-refractivity contribution in [1.82, 2.24) is 0 Å². The number of nitrogens with zero attached hydrogens (tertiary/aromatic N) is 1. The van der Waals surface area contributed by atoms with Crippen molar-refractivity contribution in [3.8, 4) is 6.07 Å². The molecule has 1 aliphatic rings. The molecule has 1 aromatic carbocycles. The van der Waals surface area contributed by atoms with Crippen molar-refractivity contribution in [2.24, 2.45) is 5.41 Å². The summed E-state index contributed by atoms with van der Waals surface area (Å²) >= 11 is 0. The van der Waals surface area contributed by atoms with Gasteiger partial charge in [-0.05, 0) is 12.0 Å². The van der Waals surface area contributed by atoms with Crippen LogP contribution in [-0.2, 0) is 9.53 Å². The molecule has 3 heteroatoms. The van der Waals surface area contributed by atoms with Gasteiger partial charge in [0.2, 0.25) is 0 Å². The van der Waals surface area contributed by atoms with E-state index in [4.69, 9.17) is 5.26 Å². The van der Waals surface area contributed by atoms with Crippen molar-refractivity contribution in [3.05, 3.63) is 35.9 Å². The first-order valence-electron chi connectivity index (χ1n) is 4.79. The number of nitriles is 1. The third-order valence-electron chi connectivity index (χ3n) is 2.91. The summed E-state index contributed by atoms with van der Waals surface area (Å²) in [6.45, 7) is 0. The Morgan fingerprint density at radius 3 is 2.73 bits per heavy atom. The first-order valence-corrected chi connectivity index (χ1v) is 4.79. The Bertz CT molecular complexity index is 421. The first-order chi connectivity index (χ1) is 7.24. The van der Waals surface area contributed by atoms with Gasteiger partial charge in [0.1, 0.15) is 0 Å². The highest BCUT2D eigenvalue weighted by atomic mass is 16.5. The van der Waals surface area contributed by atoms with E-state index in [1.807, 2.05) is 30.3 Å². The van der Waals surface area contributed by atoms with Crippen molar-refractivity contribution < 1.29 is 9.53 Å². The number of methoxy groups -OCH3 is 1. The van der Waals surface area contributed by atoms with E-state index in [1.165, 1.54) is 7.11 Å². The van der Waals surface area contributed by atoms with Crippen molar-refractivity contribution in [1.29, 1.82) is 5.26 Å². The second kappa shape index (κ2) is 3.39. The maximum absolute atomic E-state index is 11.5. The zero-order valence-corrected chi connectivity index (χ0v) is 8.43. The van der Waals surface area contributed by atoms with Gasteiger partial charge in [-0.25, -0.2) is 0 Å². The van der Waals surface area contributed by atoms with Gasteiger partial charge >= 0.3 is 5.97 Å². The van der Waals surface area contributed by atoms with Crippen LogP contribution in [0.2, 0.25) is 0 Å². The Balaban J connectivity index is 2.25. The number of benzene rings is 1. The van der Waals surface area contributed by atoms with Gasteiger partial charge in [-0.3, -0.25) is 4.79 Å². The standard InChI is InChI=1S/C12H11NO2/c1-15-11(14)12(8-13)7-10(12)9-5-3-2-4-6-9/h2-6,10H,7H2,1H3/t10-,12-/m1/s1. The lowest BCUT2D eigenvalue weighted by atomic mass is 10.0. The number of ether oxygens (including phenoxy) is 1. The van der Waals surface area contributed by atoms with Crippen LogP contribution in [0.25, 0.3) is 0 Å². The predicted octanol–water partition coefficient (Wildman–Crippen LogP) is 1.86. The molecule has 0 spiro atoms. The second-order valence-corrected chi connectivity index (χ2v) is 3.74. The highest BCUT2D eigenvalue weighted by Crippen LogP contribution is 2.59. The van der Waals surface area contributed by atoms with Crippen LogP contribution in [0.1, 0.15) is 17.9 Å². The molecule has 15 heavy (non-hydrogen) atoms. The highest BCUT2D eigenvalue weighted by molar-refractivity contribution is 5.85. The monoisotopic (exact) mass is 201 g/mol. The maximum Gasteiger partial charge on any atom is 0.326 e. The molecule has 1 fully saturated rings. The summed E-state index contributed by atoms with van der Waals surface area (Å²) in [5.41, 5.74) is 0.0975. The lowest BCUT2D eigenvalue weighted by Gasteiger charge is -2.05. The molecule has 0 aliphatic heterocycles. The average Bonchev–Trinajstić information content (AvgIpc) is 3.05. The molecule has 0 aromatic heterocycles. The zero-order chi connectivity index (χ0) is 10.9. The largest absolute Gasteiger partial charge is 0.468 e. The molecule has 76 valence electrons. The average molecular weight is 201 g/mol. The molecule has 0 bridgehead atoms. The number of rotatable bonds is 2. The van der Waals surface area contributed by atoms with Crippen LogP contribution in [0.4, 0.5) is 0 Å². The van der Waals surface area contributed by atoms with Gasteiger partial charge in [0.25, 0.3) is 0 Å². The summed E-state index contributed by atoms with van der Waals surface area (Å²) in [5.74, 6) is -0.421. The smallest absolute Gasteiger partial charge is 0.326 e. The van der Waals surface area contributed by atoms with Gasteiger partial charge in [-0.2, -0.15) is 5.26 Å². The molecule has 1 aromatic rings. The Kier molecular flexibility index (Phi) is 2.20. The lowest BCUT2D eigenvalue weighted by Crippen LogP contribution is -2.17. The number of hydrogen-bond donors (Lipinski definition) is 0. The van der Waals surface area contributed by atoms with Crippen LogP contribution < -0.4 is 0 Å². The SMILES string of the molecule is COC(=O)[C@@]1(C#N)C[C@@H]1c1ccccc1. The molecule has 1 saturated carbocycles. The summed E-state index contributed by atoms with van der Waals surface area (Å²) in [6.07, 6.45) is 0.570. The minimum atomic E-state index is -0.934. The molecule has 0 unspecified atom stereocenters. The van der Waals surface area contributed by atoms with Crippen LogP contribution in [0.3, 0.4) is 0 Å². The van der Waals surface area contributed by atoms with Crippen molar-refractivity contribution in [2.45, 2.75) is 12.3 Å². The second-order valence-electron chi connectivity index (χ2n) is 3.74. The molecule has 2 rings (SSSR count). The lowest BCUT2D eigenvalue weighted by molar-refractivity contribution is -0.144. The molecule has 0 saturated heterocycles. The van der Waals surface area contributed by atoms with Crippen LogP contribution >= 0.6 is 0 Å². The van der Waals surface area contributed by atoms with Crippen LogP contribution in [0, 0.1) is 16.7 Å². The minimum absolute atomic E-state index is 0.00356. The van der Waals surface area contributed by atoms with E-state index in [1.54, 1.807) is 0 Å². The zero-order valence-electron chi connectivity index (χ0n) is 8.43. The Morgan fingerprint density at radius 1 is 1.53 bits per heavy atom. The van der Waals surface area contributed by atoms with Crippen molar-refractivity contribution in [3.63, 3.8) is 0 Å². The van der Waals surface area contributed by atoms with Crippen LogP contribution in [0.5, 0.6) is 0 Å². The normalized spacial score (nSPS) is 27.9. The van der Waals surface area contributed by atoms with Crippen LogP contribution in [0.15, 0.2) is 30.3 Å². The summed E-state index contributed by atoms with van der Waals surface area (Å²) in [5, 5.41) is 9.04. The first kappa shape index (κ1) is 9.72. The fraction of sp³-hybridized carbons (Fsp3) is 0.333. The fourth-order valence-corrected chi connectivity index (χ4v) is 1.93. The quantitative estimate of drug-likeness (QED) is 0.686. The third kappa shape index (κ3) is 1.39. The van der Waals surface area contributed by atoms with E-state index >= 15 is 0 Å². The van der Waals surface area contributed by atoms with Crippen LogP contribution in [-0.4, -0.2) is 13.1 Å². The van der Waals surface area contributed by atoms with Gasteiger partial charge in [-0.15, -0.1) is 0 Å². The summed E-state index contributed by atoms with van der Waals surface area (Å²) < 4.78 is 4.66. The van der Waals surface area contributed by atoms with E-state index in [0.717, 1.165) is 5.56 Å². The van der Waals surface area contributed by atoms with E-state index in [0.29, 0.717) is 6.42 Å². The van der Waals surface area contributed by atoms with E-state index < -0.39 is 11.4 Å². The molecular weight excluding hydrogens is 190 g/mol. The highest BCUT2D eigenvalue weighted by Gasteiger charge is 2.62. The molecule has 2 atom stereocenters. The molecule has 1 aliphatic carbocycles. The van der Waals surface area contributed by atoms with E-state index in [-0.39, 0.29) is 5.92 Å². The van der Waals surface area contributed by atoms with Gasteiger partial charge < -0.3 is 4.74 Å². The summed E-state index contributed by atoms with van der Waals surface area (Å²) in [6, 6.07) is 11.7. The maximum atomic E-state index is 11.5. The van der Waals surface area contributed by atoms with Crippen molar-refractivity contribution in [2.75, 3.05) is 7.11 Å². The molecule has 0 radical (unpaired) electrons. The van der Waals surface area contributed by atoms with Gasteiger partial charge in [-0.1, -0.05) is 30.3 Å². The predicted molar refractivity (Wildman–Crippen MR) is 53.9 cm³/mol. The summed E-state index contributed by atoms with van der Waals surface area (Å²) in [7, 11) is 1.32. The number of hydrogen-bond acceptors (Lipinski definition) is 3. The van der Waals surface area contributed by atoms with Gasteiger partial charge in [0.05, 0.1) is 13.2 Å². The van der Waals surface area contributed by atoms with Crippen molar-refractivity contribution >= 4 is 5.97 Å². The molecule has 3 nitrogen and oxygen atoms in total. The van der Waals surface area contributed by atoms with E-state index in [9.17, 15) is 4.79 Å². The van der Waals surface area contributed by atoms with Gasteiger partial charge in [0.15, 0.2) is 5.41 Å². The van der Waals surface area contributed by atoms with Gasteiger partial charge in [0, 0.05) is 5.92 Å².